The lowest BCUT2D eigenvalue weighted by atomic mass is 9.96. The summed E-state index contributed by atoms with van der Waals surface area (Å²) in [5.41, 5.74) is 0.422. The Bertz CT molecular complexity index is 1120. The maximum atomic E-state index is 12.8. The molecule has 9 heteroatoms. The second-order valence-electron chi connectivity index (χ2n) is 6.76. The molecule has 1 aliphatic rings. The third-order valence-corrected chi connectivity index (χ3v) is 5.70. The van der Waals surface area contributed by atoms with Crippen LogP contribution in [0.1, 0.15) is 35.1 Å². The van der Waals surface area contributed by atoms with Crippen LogP contribution in [0.2, 0.25) is 0 Å². The SMILES string of the molecule is Cn1nc(C(=O)N2CCC[C@H](c3nc(-c4cccs4)cc(=O)[nH]3)C2)ccc1=O. The second-order valence-corrected chi connectivity index (χ2v) is 7.71. The summed E-state index contributed by atoms with van der Waals surface area (Å²) >= 11 is 1.53. The first-order valence-electron chi connectivity index (χ1n) is 9.00. The van der Waals surface area contributed by atoms with Crippen LogP contribution in [0.5, 0.6) is 0 Å². The van der Waals surface area contributed by atoms with E-state index >= 15 is 0 Å². The highest BCUT2D eigenvalue weighted by Gasteiger charge is 2.28. The summed E-state index contributed by atoms with van der Waals surface area (Å²) in [6.45, 7) is 1.05. The number of aromatic nitrogens is 4. The van der Waals surface area contributed by atoms with Crippen LogP contribution < -0.4 is 11.1 Å². The summed E-state index contributed by atoms with van der Waals surface area (Å²) < 4.78 is 1.15. The number of nitrogens with zero attached hydrogens (tertiary/aromatic N) is 4. The third-order valence-electron chi connectivity index (χ3n) is 4.81. The zero-order valence-electron chi connectivity index (χ0n) is 15.3. The Hall–Kier alpha value is -3.07. The van der Waals surface area contributed by atoms with Crippen LogP contribution in [0, 0.1) is 0 Å². The van der Waals surface area contributed by atoms with E-state index < -0.39 is 0 Å². The van der Waals surface area contributed by atoms with Gasteiger partial charge in [-0.05, 0) is 30.4 Å². The number of piperidine rings is 1. The van der Waals surface area contributed by atoms with Gasteiger partial charge in [0.2, 0.25) is 0 Å². The average Bonchev–Trinajstić information content (AvgIpc) is 3.24. The molecule has 0 unspecified atom stereocenters. The van der Waals surface area contributed by atoms with Crippen LogP contribution in [0.15, 0.2) is 45.3 Å². The number of carbonyl (C=O) groups excluding carboxylic acids is 1. The van der Waals surface area contributed by atoms with Gasteiger partial charge in [0.25, 0.3) is 17.0 Å². The van der Waals surface area contributed by atoms with Crippen molar-refractivity contribution >= 4 is 17.2 Å². The fourth-order valence-corrected chi connectivity index (χ4v) is 4.07. The summed E-state index contributed by atoms with van der Waals surface area (Å²) in [6.07, 6.45) is 1.64. The predicted octanol–water partition coefficient (Wildman–Crippen LogP) is 1.61. The molecule has 1 aliphatic heterocycles. The summed E-state index contributed by atoms with van der Waals surface area (Å²) in [6, 6.07) is 8.13. The zero-order valence-corrected chi connectivity index (χ0v) is 16.1. The minimum atomic E-state index is -0.264. The number of hydrogen-bond acceptors (Lipinski definition) is 6. The first-order valence-corrected chi connectivity index (χ1v) is 9.88. The summed E-state index contributed by atoms with van der Waals surface area (Å²) in [4.78, 5) is 46.6. The Kier molecular flexibility index (Phi) is 4.91. The highest BCUT2D eigenvalue weighted by atomic mass is 32.1. The van der Waals surface area contributed by atoms with E-state index in [1.54, 1.807) is 4.90 Å². The number of hydrogen-bond donors (Lipinski definition) is 1. The Morgan fingerprint density at radius 2 is 2.14 bits per heavy atom. The van der Waals surface area contributed by atoms with E-state index in [0.29, 0.717) is 24.6 Å². The van der Waals surface area contributed by atoms with E-state index in [0.717, 1.165) is 22.4 Å². The molecule has 0 bridgehead atoms. The molecule has 0 aliphatic carbocycles. The molecule has 0 spiro atoms. The molecular weight excluding hydrogens is 378 g/mol. The van der Waals surface area contributed by atoms with Crippen molar-refractivity contribution in [3.05, 3.63) is 67.9 Å². The van der Waals surface area contributed by atoms with Gasteiger partial charge in [0, 0.05) is 38.2 Å². The summed E-state index contributed by atoms with van der Waals surface area (Å²) in [7, 11) is 1.52. The van der Waals surface area contributed by atoms with Gasteiger partial charge >= 0.3 is 0 Å². The predicted molar refractivity (Wildman–Crippen MR) is 106 cm³/mol. The van der Waals surface area contributed by atoms with Gasteiger partial charge in [0.1, 0.15) is 11.5 Å². The molecule has 1 saturated heterocycles. The lowest BCUT2D eigenvalue weighted by molar-refractivity contribution is 0.0696. The van der Waals surface area contributed by atoms with Gasteiger partial charge in [-0.3, -0.25) is 14.4 Å². The fourth-order valence-electron chi connectivity index (χ4n) is 3.38. The van der Waals surface area contributed by atoms with E-state index in [2.05, 4.69) is 15.1 Å². The monoisotopic (exact) mass is 397 g/mol. The molecule has 28 heavy (non-hydrogen) atoms. The minimum Gasteiger partial charge on any atom is -0.337 e. The van der Waals surface area contributed by atoms with Crippen LogP contribution >= 0.6 is 11.3 Å². The molecule has 4 heterocycles. The van der Waals surface area contributed by atoms with Crippen LogP contribution in [0.4, 0.5) is 0 Å². The molecular formula is C19H19N5O3S. The standard InChI is InChI=1S/C19H19N5O3S/c1-23-17(26)7-6-13(22-23)19(27)24-8-2-4-12(11-24)18-20-14(10-16(25)21-18)15-5-3-9-28-15/h3,5-7,9-10,12H,2,4,8,11H2,1H3,(H,20,21,25)/t12-/m0/s1. The van der Waals surface area contributed by atoms with Crippen molar-refractivity contribution in [3.8, 4) is 10.6 Å². The van der Waals surface area contributed by atoms with E-state index in [-0.39, 0.29) is 28.6 Å². The number of H-pyrrole nitrogens is 1. The van der Waals surface area contributed by atoms with Crippen molar-refractivity contribution in [1.82, 2.24) is 24.6 Å². The summed E-state index contributed by atoms with van der Waals surface area (Å²) in [5, 5.41) is 5.99. The second kappa shape index (κ2) is 7.51. The number of aryl methyl sites for hydroxylation is 1. The highest BCUT2D eigenvalue weighted by molar-refractivity contribution is 7.13. The topological polar surface area (TPSA) is 101 Å². The maximum absolute atomic E-state index is 12.8. The molecule has 1 N–H and O–H groups in total. The molecule has 0 aromatic carbocycles. The normalized spacial score (nSPS) is 16.9. The van der Waals surface area contributed by atoms with E-state index in [1.165, 1.54) is 36.6 Å². The van der Waals surface area contributed by atoms with Crippen molar-refractivity contribution < 1.29 is 4.79 Å². The Morgan fingerprint density at radius 1 is 1.29 bits per heavy atom. The molecule has 8 nitrogen and oxygen atoms in total. The van der Waals surface area contributed by atoms with Crippen LogP contribution in [-0.4, -0.2) is 43.6 Å². The molecule has 1 amide bonds. The molecule has 4 rings (SSSR count). The quantitative estimate of drug-likeness (QED) is 0.724. The van der Waals surface area contributed by atoms with Gasteiger partial charge < -0.3 is 9.88 Å². The number of likely N-dealkylation sites (tertiary alicyclic amines) is 1. The Balaban J connectivity index is 1.59. The molecule has 1 fully saturated rings. The largest absolute Gasteiger partial charge is 0.337 e. The molecule has 0 saturated carbocycles. The first-order chi connectivity index (χ1) is 13.5. The van der Waals surface area contributed by atoms with Gasteiger partial charge in [-0.1, -0.05) is 6.07 Å². The number of amides is 1. The number of aromatic amines is 1. The number of rotatable bonds is 3. The van der Waals surface area contributed by atoms with E-state index in [1.807, 2.05) is 17.5 Å². The molecule has 1 atom stereocenters. The van der Waals surface area contributed by atoms with Crippen molar-refractivity contribution in [3.63, 3.8) is 0 Å². The minimum absolute atomic E-state index is 0.0576. The lowest BCUT2D eigenvalue weighted by Crippen LogP contribution is -2.40. The van der Waals surface area contributed by atoms with Crippen LogP contribution in [-0.2, 0) is 7.05 Å². The smallest absolute Gasteiger partial charge is 0.274 e. The van der Waals surface area contributed by atoms with Gasteiger partial charge in [0.05, 0.1) is 10.6 Å². The van der Waals surface area contributed by atoms with Crippen molar-refractivity contribution in [2.45, 2.75) is 18.8 Å². The molecule has 144 valence electrons. The number of thiophene rings is 1. The van der Waals surface area contributed by atoms with Crippen molar-refractivity contribution in [2.24, 2.45) is 7.05 Å². The van der Waals surface area contributed by atoms with Crippen LogP contribution in [0.3, 0.4) is 0 Å². The van der Waals surface area contributed by atoms with E-state index in [4.69, 9.17) is 0 Å². The van der Waals surface area contributed by atoms with Gasteiger partial charge in [-0.15, -0.1) is 11.3 Å². The van der Waals surface area contributed by atoms with E-state index in [9.17, 15) is 14.4 Å². The zero-order chi connectivity index (χ0) is 19.7. The van der Waals surface area contributed by atoms with Crippen LogP contribution in [0.25, 0.3) is 10.6 Å². The Labute approximate surface area is 164 Å². The number of nitrogens with one attached hydrogen (secondary N) is 1. The lowest BCUT2D eigenvalue weighted by Gasteiger charge is -2.32. The van der Waals surface area contributed by atoms with Gasteiger partial charge in [0.15, 0.2) is 0 Å². The molecule has 0 radical (unpaired) electrons. The molecule has 3 aromatic heterocycles. The summed E-state index contributed by atoms with van der Waals surface area (Å²) in [5.74, 6) is 0.316. The average molecular weight is 397 g/mol. The number of carbonyl (C=O) groups is 1. The first kappa shape index (κ1) is 18.3. The van der Waals surface area contributed by atoms with Crippen molar-refractivity contribution in [2.75, 3.05) is 13.1 Å². The highest BCUT2D eigenvalue weighted by Crippen LogP contribution is 2.27. The third kappa shape index (κ3) is 3.65. The van der Waals surface area contributed by atoms with Gasteiger partial charge in [-0.2, -0.15) is 5.10 Å². The fraction of sp³-hybridized carbons (Fsp3) is 0.316. The van der Waals surface area contributed by atoms with Gasteiger partial charge in [-0.25, -0.2) is 9.67 Å². The molecule has 3 aromatic rings. The maximum Gasteiger partial charge on any atom is 0.274 e. The van der Waals surface area contributed by atoms with Crippen molar-refractivity contribution in [1.29, 1.82) is 0 Å². The Morgan fingerprint density at radius 3 is 2.89 bits per heavy atom.